The van der Waals surface area contributed by atoms with E-state index in [1.54, 1.807) is 24.4 Å². The number of pyridine rings is 1. The molecule has 1 aromatic rings. The maximum Gasteiger partial charge on any atom is 0.164 e. The summed E-state index contributed by atoms with van der Waals surface area (Å²) in [6.07, 6.45) is 3.02. The zero-order valence-electron chi connectivity index (χ0n) is 8.01. The van der Waals surface area contributed by atoms with Gasteiger partial charge in [-0.1, -0.05) is 19.4 Å². The summed E-state index contributed by atoms with van der Waals surface area (Å²) in [5.74, 6) is 0.410. The SMILES string of the molecule is CCCC=S(=O)(O)Nc1ccccn1. The van der Waals surface area contributed by atoms with Gasteiger partial charge in [-0.05, 0) is 18.6 Å². The van der Waals surface area contributed by atoms with Crippen LogP contribution in [0.1, 0.15) is 19.8 Å². The summed E-state index contributed by atoms with van der Waals surface area (Å²) < 4.78 is 23.4. The molecule has 1 aromatic heterocycles. The zero-order valence-corrected chi connectivity index (χ0v) is 8.83. The summed E-state index contributed by atoms with van der Waals surface area (Å²) >= 11 is 0. The molecule has 0 saturated carbocycles. The van der Waals surface area contributed by atoms with E-state index >= 15 is 0 Å². The topological polar surface area (TPSA) is 62.2 Å². The molecule has 0 amide bonds. The van der Waals surface area contributed by atoms with Gasteiger partial charge in [0, 0.05) is 11.6 Å². The van der Waals surface area contributed by atoms with Gasteiger partial charge in [-0.3, -0.25) is 9.27 Å². The Kier molecular flexibility index (Phi) is 3.91. The molecule has 0 aromatic carbocycles. The summed E-state index contributed by atoms with van der Waals surface area (Å²) in [6, 6.07) is 5.15. The zero-order chi connectivity index (χ0) is 10.4. The van der Waals surface area contributed by atoms with Gasteiger partial charge >= 0.3 is 0 Å². The lowest BCUT2D eigenvalue weighted by molar-refractivity contribution is 0.565. The predicted molar refractivity (Wildman–Crippen MR) is 59.6 cm³/mol. The van der Waals surface area contributed by atoms with E-state index in [9.17, 15) is 8.76 Å². The van der Waals surface area contributed by atoms with Crippen molar-refractivity contribution in [2.75, 3.05) is 4.72 Å². The Morgan fingerprint density at radius 3 is 3.00 bits per heavy atom. The molecule has 5 heteroatoms. The molecule has 0 radical (unpaired) electrons. The number of unbranched alkanes of at least 4 members (excludes halogenated alkanes) is 1. The number of rotatable bonds is 4. The van der Waals surface area contributed by atoms with Gasteiger partial charge in [0.25, 0.3) is 0 Å². The maximum absolute atomic E-state index is 11.5. The Morgan fingerprint density at radius 1 is 1.64 bits per heavy atom. The number of aromatic nitrogens is 1. The lowest BCUT2D eigenvalue weighted by Gasteiger charge is -2.06. The molecule has 1 unspecified atom stereocenters. The Hall–Kier alpha value is -1.07. The first kappa shape index (κ1) is 11.0. The summed E-state index contributed by atoms with van der Waals surface area (Å²) in [6.45, 7) is 1.95. The van der Waals surface area contributed by atoms with Gasteiger partial charge in [-0.25, -0.2) is 9.19 Å². The Morgan fingerprint density at radius 2 is 2.43 bits per heavy atom. The number of hydrogen-bond acceptors (Lipinski definition) is 2. The number of nitrogens with one attached hydrogen (secondary N) is 1. The summed E-state index contributed by atoms with van der Waals surface area (Å²) in [5.41, 5.74) is 0. The largest absolute Gasteiger partial charge is 0.298 e. The van der Waals surface area contributed by atoms with Crippen LogP contribution in [0.25, 0.3) is 0 Å². The highest BCUT2D eigenvalue weighted by molar-refractivity contribution is 7.97. The molecule has 0 saturated heterocycles. The van der Waals surface area contributed by atoms with Crippen LogP contribution in [0.2, 0.25) is 0 Å². The molecule has 1 heterocycles. The quantitative estimate of drug-likeness (QED) is 0.751. The van der Waals surface area contributed by atoms with E-state index in [1.807, 2.05) is 6.92 Å². The molecule has 0 aliphatic heterocycles. The first-order chi connectivity index (χ1) is 6.64. The highest BCUT2D eigenvalue weighted by Gasteiger charge is 2.00. The van der Waals surface area contributed by atoms with Gasteiger partial charge in [-0.15, -0.1) is 0 Å². The lowest BCUT2D eigenvalue weighted by atomic mass is 10.4. The second-order valence-corrected chi connectivity index (χ2v) is 4.52. The van der Waals surface area contributed by atoms with Crippen LogP contribution in [-0.4, -0.2) is 19.1 Å². The second kappa shape index (κ2) is 4.97. The first-order valence-corrected chi connectivity index (χ1v) is 6.00. The van der Waals surface area contributed by atoms with Crippen LogP contribution in [0.4, 0.5) is 5.82 Å². The molecule has 1 rings (SSSR count). The fourth-order valence-corrected chi connectivity index (χ4v) is 1.95. The van der Waals surface area contributed by atoms with Crippen molar-refractivity contribution < 1.29 is 8.76 Å². The number of hydrogen-bond donors (Lipinski definition) is 2. The normalized spacial score (nSPS) is 14.4. The van der Waals surface area contributed by atoms with Crippen LogP contribution >= 0.6 is 0 Å². The maximum atomic E-state index is 11.5. The fraction of sp³-hybridized carbons (Fsp3) is 0.333. The molecular formula is C9H14N2O2S. The summed E-state index contributed by atoms with van der Waals surface area (Å²) in [5, 5.41) is 1.38. The third kappa shape index (κ3) is 3.76. The summed E-state index contributed by atoms with van der Waals surface area (Å²) in [7, 11) is -3.08. The van der Waals surface area contributed by atoms with Crippen LogP contribution in [0, 0.1) is 0 Å². The van der Waals surface area contributed by atoms with Crippen LogP contribution in [0.15, 0.2) is 24.4 Å². The van der Waals surface area contributed by atoms with Gasteiger partial charge < -0.3 is 0 Å². The highest BCUT2D eigenvalue weighted by Crippen LogP contribution is 2.02. The molecule has 0 spiro atoms. The van der Waals surface area contributed by atoms with Crippen LogP contribution < -0.4 is 4.72 Å². The molecule has 0 bridgehead atoms. The molecule has 4 nitrogen and oxygen atoms in total. The van der Waals surface area contributed by atoms with E-state index in [0.29, 0.717) is 12.2 Å². The van der Waals surface area contributed by atoms with Crippen LogP contribution in [-0.2, 0) is 9.99 Å². The fourth-order valence-electron chi connectivity index (χ4n) is 0.892. The monoisotopic (exact) mass is 214 g/mol. The van der Waals surface area contributed by atoms with E-state index in [1.165, 1.54) is 5.37 Å². The van der Waals surface area contributed by atoms with Crippen molar-refractivity contribution in [1.29, 1.82) is 0 Å². The van der Waals surface area contributed by atoms with Crippen molar-refractivity contribution in [2.24, 2.45) is 0 Å². The lowest BCUT2D eigenvalue weighted by Crippen LogP contribution is -2.14. The standard InChI is InChI=1S/C9H14N2O2S/c1-2-3-8-14(12,13)11-9-6-4-5-7-10-9/h4-8H,2-3H2,1H3,(H2,10,11,12,13). The van der Waals surface area contributed by atoms with Crippen molar-refractivity contribution in [1.82, 2.24) is 4.98 Å². The molecule has 0 fully saturated rings. The number of nitrogens with zero attached hydrogens (tertiary/aromatic N) is 1. The van der Waals surface area contributed by atoms with Gasteiger partial charge in [0.05, 0.1) is 0 Å². The third-order valence-corrected chi connectivity index (χ3v) is 2.74. The van der Waals surface area contributed by atoms with Gasteiger partial charge in [-0.2, -0.15) is 0 Å². The summed E-state index contributed by atoms with van der Waals surface area (Å²) in [4.78, 5) is 3.90. The molecule has 0 aliphatic rings. The van der Waals surface area contributed by atoms with E-state index in [0.717, 1.165) is 6.42 Å². The minimum atomic E-state index is -3.08. The Labute approximate surface area is 84.3 Å². The second-order valence-electron chi connectivity index (χ2n) is 2.84. The van der Waals surface area contributed by atoms with Crippen LogP contribution in [0.3, 0.4) is 0 Å². The smallest absolute Gasteiger partial charge is 0.164 e. The average Bonchev–Trinajstić information content (AvgIpc) is 2.16. The number of anilines is 1. The van der Waals surface area contributed by atoms with Crippen molar-refractivity contribution >= 4 is 21.2 Å². The first-order valence-electron chi connectivity index (χ1n) is 4.42. The third-order valence-electron chi connectivity index (χ3n) is 1.55. The van der Waals surface area contributed by atoms with Gasteiger partial charge in [0.2, 0.25) is 0 Å². The van der Waals surface area contributed by atoms with Crippen molar-refractivity contribution in [3.05, 3.63) is 24.4 Å². The molecule has 0 aliphatic carbocycles. The molecule has 14 heavy (non-hydrogen) atoms. The minimum Gasteiger partial charge on any atom is -0.298 e. The average molecular weight is 214 g/mol. The molecule has 1 atom stereocenters. The van der Waals surface area contributed by atoms with Crippen molar-refractivity contribution in [3.8, 4) is 0 Å². The van der Waals surface area contributed by atoms with E-state index in [4.69, 9.17) is 0 Å². The Bertz CT molecular complexity index is 383. The molecular weight excluding hydrogens is 200 g/mol. The predicted octanol–water partition coefficient (Wildman–Crippen LogP) is 1.77. The van der Waals surface area contributed by atoms with Crippen molar-refractivity contribution in [2.45, 2.75) is 19.8 Å². The van der Waals surface area contributed by atoms with Crippen molar-refractivity contribution in [3.63, 3.8) is 0 Å². The van der Waals surface area contributed by atoms with Crippen LogP contribution in [0.5, 0.6) is 0 Å². The minimum absolute atomic E-state index is 0.410. The Balaban J connectivity index is 2.74. The van der Waals surface area contributed by atoms with E-state index < -0.39 is 9.99 Å². The van der Waals surface area contributed by atoms with E-state index in [2.05, 4.69) is 9.71 Å². The molecule has 78 valence electrons. The molecule has 2 N–H and O–H groups in total. The van der Waals surface area contributed by atoms with E-state index in [-0.39, 0.29) is 0 Å². The van der Waals surface area contributed by atoms with Gasteiger partial charge in [0.15, 0.2) is 9.99 Å². The van der Waals surface area contributed by atoms with Gasteiger partial charge in [0.1, 0.15) is 5.82 Å². The highest BCUT2D eigenvalue weighted by atomic mass is 32.2.